The van der Waals surface area contributed by atoms with Gasteiger partial charge in [0.15, 0.2) is 0 Å². The standard InChI is InChI=1S/C11H13F5O8S/c1-6(2)7(17)24-10(8(18)22-3,11(14,15)16)23-5-4-9(12,13)25(19,20)21/h1,4-5H2,2-3H3,(H,19,20,21). The monoisotopic (exact) mass is 400 g/mol. The molecule has 0 saturated carbocycles. The molecule has 0 spiro atoms. The van der Waals surface area contributed by atoms with Crippen molar-refractivity contribution in [3.63, 3.8) is 0 Å². The fraction of sp³-hybridized carbons (Fsp3) is 0.636. The van der Waals surface area contributed by atoms with E-state index in [1.54, 1.807) is 0 Å². The molecule has 0 radical (unpaired) electrons. The van der Waals surface area contributed by atoms with E-state index < -0.39 is 57.9 Å². The molecular formula is C11H13F5O8S. The Balaban J connectivity index is 5.71. The molecule has 0 fully saturated rings. The van der Waals surface area contributed by atoms with Crippen LogP contribution in [0.1, 0.15) is 13.3 Å². The summed E-state index contributed by atoms with van der Waals surface area (Å²) in [4.78, 5) is 22.8. The number of carbonyl (C=O) groups excluding carboxylic acids is 2. The van der Waals surface area contributed by atoms with Gasteiger partial charge in [-0.15, -0.1) is 0 Å². The summed E-state index contributed by atoms with van der Waals surface area (Å²) in [6.07, 6.45) is -7.76. The minimum Gasteiger partial charge on any atom is -0.464 e. The Labute approximate surface area is 138 Å². The van der Waals surface area contributed by atoms with Crippen LogP contribution in [0.5, 0.6) is 0 Å². The molecule has 0 amide bonds. The van der Waals surface area contributed by atoms with Crippen LogP contribution in [0.2, 0.25) is 0 Å². The largest absolute Gasteiger partial charge is 0.468 e. The highest BCUT2D eigenvalue weighted by atomic mass is 32.2. The van der Waals surface area contributed by atoms with E-state index in [1.807, 2.05) is 0 Å². The molecule has 0 aliphatic rings. The summed E-state index contributed by atoms with van der Waals surface area (Å²) in [6, 6.07) is 0. The van der Waals surface area contributed by atoms with Gasteiger partial charge in [-0.3, -0.25) is 4.55 Å². The van der Waals surface area contributed by atoms with Crippen LogP contribution in [-0.4, -0.2) is 55.8 Å². The molecule has 1 atom stereocenters. The fourth-order valence-corrected chi connectivity index (χ4v) is 1.52. The summed E-state index contributed by atoms with van der Waals surface area (Å²) < 4.78 is 106. The number of methoxy groups -OCH3 is 1. The third kappa shape index (κ3) is 5.34. The molecule has 25 heavy (non-hydrogen) atoms. The van der Waals surface area contributed by atoms with E-state index in [4.69, 9.17) is 4.55 Å². The summed E-state index contributed by atoms with van der Waals surface area (Å²) in [7, 11) is -5.48. The number of carbonyl (C=O) groups is 2. The van der Waals surface area contributed by atoms with E-state index in [1.165, 1.54) is 0 Å². The topological polar surface area (TPSA) is 116 Å². The second kappa shape index (κ2) is 7.61. The first-order chi connectivity index (χ1) is 11.0. The molecule has 0 saturated heterocycles. The van der Waals surface area contributed by atoms with Gasteiger partial charge in [-0.05, 0) is 6.92 Å². The van der Waals surface area contributed by atoms with Crippen LogP contribution in [0.15, 0.2) is 12.2 Å². The molecule has 0 heterocycles. The minimum atomic E-state index is -5.95. The van der Waals surface area contributed by atoms with Gasteiger partial charge in [-0.1, -0.05) is 6.58 Å². The maximum atomic E-state index is 13.2. The van der Waals surface area contributed by atoms with Gasteiger partial charge in [0.25, 0.3) is 0 Å². The molecule has 0 bridgehead atoms. The zero-order valence-electron chi connectivity index (χ0n) is 12.7. The highest BCUT2D eigenvalue weighted by Gasteiger charge is 2.68. The van der Waals surface area contributed by atoms with Crippen molar-refractivity contribution in [3.05, 3.63) is 12.2 Å². The fourth-order valence-electron chi connectivity index (χ4n) is 1.18. The van der Waals surface area contributed by atoms with Crippen LogP contribution in [-0.2, 0) is 33.9 Å². The maximum absolute atomic E-state index is 13.2. The minimum absolute atomic E-state index is 0.466. The Morgan fingerprint density at radius 3 is 1.96 bits per heavy atom. The van der Waals surface area contributed by atoms with Crippen molar-refractivity contribution >= 4 is 22.1 Å². The van der Waals surface area contributed by atoms with Crippen molar-refractivity contribution in [2.24, 2.45) is 0 Å². The van der Waals surface area contributed by atoms with Crippen molar-refractivity contribution in [2.45, 2.75) is 30.6 Å². The van der Waals surface area contributed by atoms with Gasteiger partial charge >= 0.3 is 39.3 Å². The van der Waals surface area contributed by atoms with Gasteiger partial charge in [-0.2, -0.15) is 30.4 Å². The van der Waals surface area contributed by atoms with Gasteiger partial charge in [0.05, 0.1) is 20.1 Å². The lowest BCUT2D eigenvalue weighted by molar-refractivity contribution is -0.355. The van der Waals surface area contributed by atoms with E-state index in [9.17, 15) is 40.0 Å². The average Bonchev–Trinajstić information content (AvgIpc) is 2.42. The molecule has 0 aromatic carbocycles. The highest BCUT2D eigenvalue weighted by molar-refractivity contribution is 7.86. The Hall–Kier alpha value is -1.80. The van der Waals surface area contributed by atoms with Gasteiger partial charge < -0.3 is 14.2 Å². The Kier molecular flexibility index (Phi) is 7.07. The molecule has 0 aliphatic carbocycles. The smallest absolute Gasteiger partial charge is 0.464 e. The first kappa shape index (κ1) is 23.2. The van der Waals surface area contributed by atoms with Crippen molar-refractivity contribution in [1.29, 1.82) is 0 Å². The molecule has 1 unspecified atom stereocenters. The van der Waals surface area contributed by atoms with Crippen molar-refractivity contribution < 1.29 is 58.7 Å². The molecule has 0 aromatic rings. The van der Waals surface area contributed by atoms with Crippen LogP contribution in [0.4, 0.5) is 22.0 Å². The molecule has 0 rings (SSSR count). The van der Waals surface area contributed by atoms with Crippen molar-refractivity contribution in [2.75, 3.05) is 13.7 Å². The Morgan fingerprint density at radius 1 is 1.16 bits per heavy atom. The number of halogens is 5. The van der Waals surface area contributed by atoms with Crippen LogP contribution in [0.25, 0.3) is 0 Å². The van der Waals surface area contributed by atoms with Crippen LogP contribution in [0.3, 0.4) is 0 Å². The lowest BCUT2D eigenvalue weighted by Crippen LogP contribution is -2.58. The highest BCUT2D eigenvalue weighted by Crippen LogP contribution is 2.37. The number of hydrogen-bond acceptors (Lipinski definition) is 7. The van der Waals surface area contributed by atoms with Gasteiger partial charge in [0.1, 0.15) is 0 Å². The molecule has 0 aliphatic heterocycles. The van der Waals surface area contributed by atoms with Gasteiger partial charge in [0.2, 0.25) is 0 Å². The number of ether oxygens (including phenoxy) is 3. The van der Waals surface area contributed by atoms with E-state index >= 15 is 0 Å². The number of esters is 2. The van der Waals surface area contributed by atoms with Crippen molar-refractivity contribution in [1.82, 2.24) is 0 Å². The number of hydrogen-bond donors (Lipinski definition) is 1. The molecule has 1 N–H and O–H groups in total. The zero-order chi connectivity index (χ0) is 20.3. The Morgan fingerprint density at radius 2 is 1.64 bits per heavy atom. The summed E-state index contributed by atoms with van der Waals surface area (Å²) >= 11 is 0. The second-order valence-corrected chi connectivity index (χ2v) is 6.03. The summed E-state index contributed by atoms with van der Waals surface area (Å²) in [5.41, 5.74) is -0.593. The zero-order valence-corrected chi connectivity index (χ0v) is 13.5. The molecule has 146 valence electrons. The van der Waals surface area contributed by atoms with Crippen molar-refractivity contribution in [3.8, 4) is 0 Å². The van der Waals surface area contributed by atoms with E-state index in [2.05, 4.69) is 20.8 Å². The quantitative estimate of drug-likeness (QED) is 0.214. The lowest BCUT2D eigenvalue weighted by atomic mass is 10.2. The van der Waals surface area contributed by atoms with E-state index in [-0.39, 0.29) is 0 Å². The van der Waals surface area contributed by atoms with Gasteiger partial charge in [0, 0.05) is 5.57 Å². The molecule has 0 aromatic heterocycles. The average molecular weight is 400 g/mol. The molecule has 14 heteroatoms. The predicted molar refractivity (Wildman–Crippen MR) is 68.8 cm³/mol. The summed E-state index contributed by atoms with van der Waals surface area (Å²) in [5, 5.41) is -4.88. The van der Waals surface area contributed by atoms with Gasteiger partial charge in [-0.25, -0.2) is 9.59 Å². The van der Waals surface area contributed by atoms with Crippen LogP contribution < -0.4 is 0 Å². The molecule has 8 nitrogen and oxygen atoms in total. The summed E-state index contributed by atoms with van der Waals surface area (Å²) in [5.74, 6) is -8.51. The van der Waals surface area contributed by atoms with E-state index in [0.29, 0.717) is 7.11 Å². The molecular weight excluding hydrogens is 387 g/mol. The Bertz CT molecular complexity index is 641. The first-order valence-corrected chi connectivity index (χ1v) is 7.48. The van der Waals surface area contributed by atoms with Crippen LogP contribution in [0, 0.1) is 0 Å². The number of rotatable bonds is 8. The third-order valence-corrected chi connectivity index (χ3v) is 3.45. The van der Waals surface area contributed by atoms with E-state index in [0.717, 1.165) is 6.92 Å². The summed E-state index contributed by atoms with van der Waals surface area (Å²) in [6.45, 7) is 2.14. The lowest BCUT2D eigenvalue weighted by Gasteiger charge is -2.32. The van der Waals surface area contributed by atoms with Crippen LogP contribution >= 0.6 is 0 Å². The normalized spacial score (nSPS) is 15.2. The predicted octanol–water partition coefficient (Wildman–Crippen LogP) is 1.42. The third-order valence-electron chi connectivity index (χ3n) is 2.49. The number of alkyl halides is 5. The second-order valence-electron chi connectivity index (χ2n) is 4.49. The SMILES string of the molecule is C=C(C)C(=O)OC(OCCC(F)(F)S(=O)(=O)O)(C(=O)OC)C(F)(F)F. The first-order valence-electron chi connectivity index (χ1n) is 6.04. The maximum Gasteiger partial charge on any atom is 0.468 e.